The summed E-state index contributed by atoms with van der Waals surface area (Å²) >= 11 is 6.33. The number of carbonyl (C=O) groups excluding carboxylic acids is 2. The number of anilines is 1. The molecule has 0 unspecified atom stereocenters. The quantitative estimate of drug-likeness (QED) is 0.212. The average Bonchev–Trinajstić information content (AvgIpc) is 3.05. The second-order valence-corrected chi connectivity index (χ2v) is 12.6. The molecular formula is C34H36ClN3O6S. The first-order chi connectivity index (χ1) is 21.6. The molecular weight excluding hydrogens is 614 g/mol. The fourth-order valence-electron chi connectivity index (χ4n) is 4.90. The van der Waals surface area contributed by atoms with Gasteiger partial charge in [-0.2, -0.15) is 0 Å². The van der Waals surface area contributed by atoms with Crippen LogP contribution in [0.3, 0.4) is 0 Å². The van der Waals surface area contributed by atoms with Gasteiger partial charge in [0.05, 0.1) is 24.8 Å². The molecule has 4 aromatic carbocycles. The zero-order valence-corrected chi connectivity index (χ0v) is 27.1. The molecule has 236 valence electrons. The fourth-order valence-corrected chi connectivity index (χ4v) is 6.48. The van der Waals surface area contributed by atoms with Crippen molar-refractivity contribution in [2.75, 3.05) is 32.1 Å². The molecule has 0 aliphatic heterocycles. The number of likely N-dealkylation sites (N-methyl/N-ethyl adjacent to an activating group) is 1. The number of sulfonamides is 1. The Morgan fingerprint density at radius 2 is 1.56 bits per heavy atom. The van der Waals surface area contributed by atoms with Crippen LogP contribution in [0.5, 0.6) is 11.5 Å². The first kappa shape index (κ1) is 33.4. The summed E-state index contributed by atoms with van der Waals surface area (Å²) in [5.41, 5.74) is 2.48. The number of halogens is 1. The third-order valence-corrected chi connectivity index (χ3v) is 9.31. The molecule has 1 N–H and O–H groups in total. The molecule has 4 aromatic rings. The van der Waals surface area contributed by atoms with E-state index < -0.39 is 34.4 Å². The monoisotopic (exact) mass is 649 g/mol. The van der Waals surface area contributed by atoms with Gasteiger partial charge in [0.15, 0.2) is 0 Å². The predicted octanol–water partition coefficient (Wildman–Crippen LogP) is 5.25. The molecule has 1 atom stereocenters. The second kappa shape index (κ2) is 15.0. The molecule has 9 nitrogen and oxygen atoms in total. The van der Waals surface area contributed by atoms with E-state index in [0.717, 1.165) is 15.4 Å². The number of nitrogens with one attached hydrogen (secondary N) is 1. The maximum atomic E-state index is 14.5. The Morgan fingerprint density at radius 1 is 0.867 bits per heavy atom. The summed E-state index contributed by atoms with van der Waals surface area (Å²) in [6.45, 7) is 1.21. The van der Waals surface area contributed by atoms with Gasteiger partial charge >= 0.3 is 0 Å². The molecule has 4 rings (SSSR count). The van der Waals surface area contributed by atoms with Gasteiger partial charge in [-0.3, -0.25) is 13.9 Å². The van der Waals surface area contributed by atoms with Gasteiger partial charge in [-0.15, -0.1) is 0 Å². The fraction of sp³-hybridized carbons (Fsp3) is 0.235. The topological polar surface area (TPSA) is 105 Å². The van der Waals surface area contributed by atoms with Gasteiger partial charge in [-0.25, -0.2) is 8.42 Å². The molecule has 0 spiro atoms. The van der Waals surface area contributed by atoms with Crippen LogP contribution in [0.25, 0.3) is 0 Å². The zero-order chi connectivity index (χ0) is 32.6. The Balaban J connectivity index is 1.84. The summed E-state index contributed by atoms with van der Waals surface area (Å²) < 4.78 is 40.3. The highest BCUT2D eigenvalue weighted by atomic mass is 35.5. The number of methoxy groups -OCH3 is 2. The lowest BCUT2D eigenvalue weighted by atomic mass is 10.0. The van der Waals surface area contributed by atoms with Crippen molar-refractivity contribution in [2.45, 2.75) is 30.8 Å². The van der Waals surface area contributed by atoms with Crippen LogP contribution in [-0.2, 0) is 32.6 Å². The highest BCUT2D eigenvalue weighted by Gasteiger charge is 2.35. The minimum absolute atomic E-state index is 0.00601. The largest absolute Gasteiger partial charge is 0.497 e. The number of carbonyl (C=O) groups is 2. The van der Waals surface area contributed by atoms with Crippen molar-refractivity contribution < 1.29 is 27.5 Å². The molecule has 45 heavy (non-hydrogen) atoms. The van der Waals surface area contributed by atoms with E-state index in [2.05, 4.69) is 5.32 Å². The van der Waals surface area contributed by atoms with E-state index in [0.29, 0.717) is 11.3 Å². The minimum atomic E-state index is -4.32. The molecule has 0 fully saturated rings. The molecule has 11 heteroatoms. The van der Waals surface area contributed by atoms with E-state index in [1.807, 2.05) is 43.3 Å². The third kappa shape index (κ3) is 8.14. The van der Waals surface area contributed by atoms with Crippen LogP contribution in [-0.4, -0.2) is 59.0 Å². The van der Waals surface area contributed by atoms with Gasteiger partial charge < -0.3 is 19.7 Å². The summed E-state index contributed by atoms with van der Waals surface area (Å²) in [6.07, 6.45) is 0.196. The number of benzene rings is 4. The zero-order valence-electron chi connectivity index (χ0n) is 25.6. The van der Waals surface area contributed by atoms with E-state index in [9.17, 15) is 18.0 Å². The van der Waals surface area contributed by atoms with Crippen LogP contribution in [0.4, 0.5) is 5.69 Å². The summed E-state index contributed by atoms with van der Waals surface area (Å²) in [6, 6.07) is 26.3. The molecule has 0 aliphatic rings. The van der Waals surface area contributed by atoms with Gasteiger partial charge in [0.1, 0.15) is 24.1 Å². The lowest BCUT2D eigenvalue weighted by Gasteiger charge is -2.34. The molecule has 0 heterocycles. The Bertz CT molecular complexity index is 1730. The van der Waals surface area contributed by atoms with Crippen LogP contribution < -0.4 is 19.1 Å². The normalized spacial score (nSPS) is 11.8. The van der Waals surface area contributed by atoms with Crippen LogP contribution in [0.15, 0.2) is 102 Å². The Hall–Kier alpha value is -4.54. The van der Waals surface area contributed by atoms with Crippen LogP contribution in [0, 0.1) is 6.92 Å². The summed E-state index contributed by atoms with van der Waals surface area (Å²) in [5, 5.41) is 2.93. The number of nitrogens with zero attached hydrogens (tertiary/aromatic N) is 2. The minimum Gasteiger partial charge on any atom is -0.497 e. The predicted molar refractivity (Wildman–Crippen MR) is 175 cm³/mol. The van der Waals surface area contributed by atoms with Crippen molar-refractivity contribution in [3.8, 4) is 11.5 Å². The van der Waals surface area contributed by atoms with Crippen molar-refractivity contribution in [3.05, 3.63) is 119 Å². The van der Waals surface area contributed by atoms with Gasteiger partial charge in [0.25, 0.3) is 10.0 Å². The summed E-state index contributed by atoms with van der Waals surface area (Å²) in [4.78, 5) is 29.3. The molecule has 0 radical (unpaired) electrons. The van der Waals surface area contributed by atoms with Crippen molar-refractivity contribution in [2.24, 2.45) is 0 Å². The third-order valence-electron chi connectivity index (χ3n) is 7.30. The van der Waals surface area contributed by atoms with Gasteiger partial charge in [-0.1, -0.05) is 71.8 Å². The maximum Gasteiger partial charge on any atom is 0.264 e. The van der Waals surface area contributed by atoms with Gasteiger partial charge in [0, 0.05) is 25.0 Å². The average molecular weight is 650 g/mol. The summed E-state index contributed by atoms with van der Waals surface area (Å²) in [5.74, 6) is -0.232. The highest BCUT2D eigenvalue weighted by Crippen LogP contribution is 2.35. The van der Waals surface area contributed by atoms with Gasteiger partial charge in [-0.05, 0) is 60.5 Å². The summed E-state index contributed by atoms with van der Waals surface area (Å²) in [7, 11) is 0.127. The lowest BCUT2D eigenvalue weighted by molar-refractivity contribution is -0.139. The van der Waals surface area contributed by atoms with E-state index in [1.54, 1.807) is 36.4 Å². The molecule has 0 saturated carbocycles. The van der Waals surface area contributed by atoms with E-state index in [1.165, 1.54) is 50.4 Å². The Morgan fingerprint density at radius 3 is 2.20 bits per heavy atom. The number of amides is 2. The first-order valence-electron chi connectivity index (χ1n) is 14.2. The number of rotatable bonds is 13. The highest BCUT2D eigenvalue weighted by molar-refractivity contribution is 7.92. The van der Waals surface area contributed by atoms with Crippen LogP contribution in [0.2, 0.25) is 5.02 Å². The van der Waals surface area contributed by atoms with E-state index in [-0.39, 0.29) is 34.3 Å². The van der Waals surface area contributed by atoms with Crippen molar-refractivity contribution in [3.63, 3.8) is 0 Å². The van der Waals surface area contributed by atoms with Crippen LogP contribution in [0.1, 0.15) is 16.7 Å². The maximum absolute atomic E-state index is 14.5. The number of hydrogen-bond donors (Lipinski definition) is 1. The molecule has 0 aromatic heterocycles. The van der Waals surface area contributed by atoms with Crippen LogP contribution >= 0.6 is 11.6 Å². The Kier molecular flexibility index (Phi) is 11.1. The molecule has 0 aliphatic carbocycles. The Labute approximate surface area is 269 Å². The smallest absolute Gasteiger partial charge is 0.264 e. The van der Waals surface area contributed by atoms with Crippen molar-refractivity contribution in [1.29, 1.82) is 0 Å². The van der Waals surface area contributed by atoms with E-state index in [4.69, 9.17) is 21.1 Å². The second-order valence-electron chi connectivity index (χ2n) is 10.3. The number of hydrogen-bond acceptors (Lipinski definition) is 6. The van der Waals surface area contributed by atoms with Gasteiger partial charge in [0.2, 0.25) is 11.8 Å². The lowest BCUT2D eigenvalue weighted by Crippen LogP contribution is -2.53. The van der Waals surface area contributed by atoms with Crippen molar-refractivity contribution in [1.82, 2.24) is 10.2 Å². The van der Waals surface area contributed by atoms with Crippen molar-refractivity contribution >= 4 is 39.1 Å². The van der Waals surface area contributed by atoms with E-state index >= 15 is 0 Å². The molecule has 0 saturated heterocycles. The first-order valence-corrected chi connectivity index (χ1v) is 16.0. The standard InChI is InChI=1S/C34H36ClN3O6S/c1-24-13-16-29(17-14-24)45(41,42)38(30-21-27(35)15-18-32(30)44-4)23-33(39)37(22-26-11-8-12-28(19-26)43-3)31(34(40)36-2)20-25-9-6-5-7-10-25/h5-19,21,31H,20,22-23H2,1-4H3,(H,36,40)/t31-/m0/s1. The molecule has 2 amide bonds. The SMILES string of the molecule is CNC(=O)[C@H](Cc1ccccc1)N(Cc1cccc(OC)c1)C(=O)CN(c1cc(Cl)ccc1OC)S(=O)(=O)c1ccc(C)cc1. The number of aryl methyl sites for hydroxylation is 1. The molecule has 0 bridgehead atoms. The number of ether oxygens (including phenoxy) is 2.